The van der Waals surface area contributed by atoms with E-state index in [1.54, 1.807) is 10.6 Å². The van der Waals surface area contributed by atoms with E-state index in [-0.39, 0.29) is 11.9 Å². The summed E-state index contributed by atoms with van der Waals surface area (Å²) in [5.74, 6) is -0.118. The van der Waals surface area contributed by atoms with Crippen molar-refractivity contribution in [2.75, 3.05) is 0 Å². The summed E-state index contributed by atoms with van der Waals surface area (Å²) in [6.45, 7) is 0. The fraction of sp³-hybridized carbons (Fsp3) is 0.240. The predicted octanol–water partition coefficient (Wildman–Crippen LogP) is 5.13. The van der Waals surface area contributed by atoms with Gasteiger partial charge in [-0.3, -0.25) is 4.79 Å². The number of hydrogen-bond acceptors (Lipinski definition) is 3. The Bertz CT molecular complexity index is 1160. The van der Waals surface area contributed by atoms with Gasteiger partial charge in [-0.1, -0.05) is 79.9 Å². The van der Waals surface area contributed by atoms with Crippen LogP contribution in [0.5, 0.6) is 0 Å². The lowest BCUT2D eigenvalue weighted by molar-refractivity contribution is 0.0922. The molecule has 1 aliphatic rings. The number of carbonyl (C=O) groups excluding carboxylic acids is 1. The Morgan fingerprint density at radius 3 is 2.23 bits per heavy atom. The highest BCUT2D eigenvalue weighted by Gasteiger charge is 2.20. The van der Waals surface area contributed by atoms with Crippen molar-refractivity contribution >= 4 is 11.6 Å². The number of hydrogen-bond donors (Lipinski definition) is 1. The second kappa shape index (κ2) is 8.11. The minimum Gasteiger partial charge on any atom is -0.348 e. The van der Waals surface area contributed by atoms with Crippen LogP contribution in [-0.4, -0.2) is 26.5 Å². The van der Waals surface area contributed by atoms with Gasteiger partial charge < -0.3 is 5.32 Å². The van der Waals surface area contributed by atoms with Crippen LogP contribution >= 0.6 is 0 Å². The van der Waals surface area contributed by atoms with Gasteiger partial charge in [0.1, 0.15) is 0 Å². The first-order valence-corrected chi connectivity index (χ1v) is 10.6. The van der Waals surface area contributed by atoms with Gasteiger partial charge in [-0.25, -0.2) is 9.50 Å². The number of nitrogens with zero attached hydrogens (tertiary/aromatic N) is 3. The van der Waals surface area contributed by atoms with Gasteiger partial charge in [0.25, 0.3) is 5.91 Å². The monoisotopic (exact) mass is 396 g/mol. The average Bonchev–Trinajstić information content (AvgIpc) is 3.25. The van der Waals surface area contributed by atoms with Gasteiger partial charge in [0.2, 0.25) is 0 Å². The molecule has 0 unspecified atom stereocenters. The highest BCUT2D eigenvalue weighted by molar-refractivity contribution is 5.93. The summed E-state index contributed by atoms with van der Waals surface area (Å²) in [6, 6.07) is 24.3. The van der Waals surface area contributed by atoms with E-state index in [0.29, 0.717) is 11.3 Å². The van der Waals surface area contributed by atoms with E-state index in [0.717, 1.165) is 35.4 Å². The van der Waals surface area contributed by atoms with Crippen molar-refractivity contribution in [3.63, 3.8) is 0 Å². The molecular formula is C25H24N4O. The molecule has 4 aromatic rings. The molecule has 0 aliphatic heterocycles. The van der Waals surface area contributed by atoms with Gasteiger partial charge in [-0.05, 0) is 18.9 Å². The van der Waals surface area contributed by atoms with Gasteiger partial charge in [0, 0.05) is 23.2 Å². The molecule has 5 rings (SSSR count). The molecule has 1 aliphatic carbocycles. The minimum atomic E-state index is -0.118. The fourth-order valence-electron chi connectivity index (χ4n) is 4.16. The second-order valence-corrected chi connectivity index (χ2v) is 7.87. The number of benzene rings is 2. The topological polar surface area (TPSA) is 59.3 Å². The molecule has 0 atom stereocenters. The maximum Gasteiger partial charge on any atom is 0.272 e. The Morgan fingerprint density at radius 2 is 1.53 bits per heavy atom. The van der Waals surface area contributed by atoms with E-state index in [1.807, 2.05) is 66.7 Å². The normalized spacial score (nSPS) is 14.7. The molecule has 0 bridgehead atoms. The Balaban J connectivity index is 1.58. The molecule has 2 heterocycles. The Hall–Kier alpha value is -3.47. The lowest BCUT2D eigenvalue weighted by Crippen LogP contribution is -2.36. The summed E-state index contributed by atoms with van der Waals surface area (Å²) in [7, 11) is 0. The van der Waals surface area contributed by atoms with Gasteiger partial charge in [-0.2, -0.15) is 5.10 Å². The van der Waals surface area contributed by atoms with Crippen molar-refractivity contribution in [3.8, 4) is 22.5 Å². The van der Waals surface area contributed by atoms with Crippen LogP contribution in [0.4, 0.5) is 0 Å². The summed E-state index contributed by atoms with van der Waals surface area (Å²) in [4.78, 5) is 17.7. The number of rotatable bonds is 4. The summed E-state index contributed by atoms with van der Waals surface area (Å²) in [5.41, 5.74) is 4.92. The Kier molecular flexibility index (Phi) is 5.01. The molecule has 150 valence electrons. The lowest BCUT2D eigenvalue weighted by atomic mass is 9.95. The van der Waals surface area contributed by atoms with Crippen molar-refractivity contribution < 1.29 is 4.79 Å². The lowest BCUT2D eigenvalue weighted by Gasteiger charge is -2.22. The molecule has 5 nitrogen and oxygen atoms in total. The van der Waals surface area contributed by atoms with E-state index in [9.17, 15) is 4.79 Å². The van der Waals surface area contributed by atoms with Crippen LogP contribution in [0, 0.1) is 0 Å². The third-order valence-electron chi connectivity index (χ3n) is 5.74. The summed E-state index contributed by atoms with van der Waals surface area (Å²) < 4.78 is 1.78. The molecule has 1 N–H and O–H groups in total. The molecule has 0 spiro atoms. The minimum absolute atomic E-state index is 0.118. The number of nitrogens with one attached hydrogen (secondary N) is 1. The molecular weight excluding hydrogens is 372 g/mol. The molecule has 1 amide bonds. The maximum atomic E-state index is 12.9. The standard InChI is InChI=1S/C25H24N4O/c30-25(26-20-14-8-3-9-15-20)22-17-24-27-21(18-10-4-1-5-11-18)16-23(29(24)28-22)19-12-6-2-7-13-19/h1-2,4-7,10-13,16-17,20H,3,8-9,14-15H2,(H,26,30). The molecule has 0 radical (unpaired) electrons. The van der Waals surface area contributed by atoms with Crippen LogP contribution in [0.1, 0.15) is 42.6 Å². The zero-order chi connectivity index (χ0) is 20.3. The van der Waals surface area contributed by atoms with E-state index >= 15 is 0 Å². The SMILES string of the molecule is O=C(NC1CCCCC1)c1cc2nc(-c3ccccc3)cc(-c3ccccc3)n2n1. The first-order chi connectivity index (χ1) is 14.8. The Morgan fingerprint density at radius 1 is 0.867 bits per heavy atom. The quantitative estimate of drug-likeness (QED) is 0.520. The molecule has 0 saturated heterocycles. The molecule has 5 heteroatoms. The maximum absolute atomic E-state index is 12.9. The van der Waals surface area contributed by atoms with E-state index < -0.39 is 0 Å². The summed E-state index contributed by atoms with van der Waals surface area (Å²) in [6.07, 6.45) is 5.70. The third-order valence-corrected chi connectivity index (χ3v) is 5.74. The molecule has 2 aromatic heterocycles. The van der Waals surface area contributed by atoms with Crippen LogP contribution in [0.15, 0.2) is 72.8 Å². The predicted molar refractivity (Wildman–Crippen MR) is 118 cm³/mol. The van der Waals surface area contributed by atoms with Crippen LogP contribution in [0.25, 0.3) is 28.2 Å². The van der Waals surface area contributed by atoms with Gasteiger partial charge in [0.15, 0.2) is 11.3 Å². The Labute approximate surface area is 175 Å². The van der Waals surface area contributed by atoms with Crippen LogP contribution in [-0.2, 0) is 0 Å². The van der Waals surface area contributed by atoms with Gasteiger partial charge >= 0.3 is 0 Å². The molecule has 30 heavy (non-hydrogen) atoms. The van der Waals surface area contributed by atoms with Gasteiger partial charge in [0.05, 0.1) is 11.4 Å². The summed E-state index contributed by atoms with van der Waals surface area (Å²) >= 11 is 0. The van der Waals surface area contributed by atoms with E-state index in [2.05, 4.69) is 10.4 Å². The van der Waals surface area contributed by atoms with E-state index in [4.69, 9.17) is 4.98 Å². The van der Waals surface area contributed by atoms with E-state index in [1.165, 1.54) is 19.3 Å². The number of amides is 1. The highest BCUT2D eigenvalue weighted by Crippen LogP contribution is 2.26. The number of fused-ring (bicyclic) bond motifs is 1. The number of carbonyl (C=O) groups is 1. The second-order valence-electron chi connectivity index (χ2n) is 7.87. The first kappa shape index (κ1) is 18.6. The largest absolute Gasteiger partial charge is 0.348 e. The summed E-state index contributed by atoms with van der Waals surface area (Å²) in [5, 5.41) is 7.79. The first-order valence-electron chi connectivity index (χ1n) is 10.6. The van der Waals surface area contributed by atoms with Crippen molar-refractivity contribution in [1.82, 2.24) is 19.9 Å². The average molecular weight is 396 g/mol. The molecule has 1 fully saturated rings. The highest BCUT2D eigenvalue weighted by atomic mass is 16.2. The zero-order valence-electron chi connectivity index (χ0n) is 16.8. The zero-order valence-corrected chi connectivity index (χ0v) is 16.8. The van der Waals surface area contributed by atoms with Crippen LogP contribution in [0.3, 0.4) is 0 Å². The van der Waals surface area contributed by atoms with Crippen molar-refractivity contribution in [3.05, 3.63) is 78.5 Å². The van der Waals surface area contributed by atoms with Crippen LogP contribution in [0.2, 0.25) is 0 Å². The third kappa shape index (κ3) is 3.71. The molecule has 2 aromatic carbocycles. The number of aromatic nitrogens is 3. The van der Waals surface area contributed by atoms with Crippen molar-refractivity contribution in [2.24, 2.45) is 0 Å². The van der Waals surface area contributed by atoms with Crippen molar-refractivity contribution in [2.45, 2.75) is 38.1 Å². The smallest absolute Gasteiger partial charge is 0.272 e. The fourth-order valence-corrected chi connectivity index (χ4v) is 4.16. The van der Waals surface area contributed by atoms with Gasteiger partial charge in [-0.15, -0.1) is 0 Å². The van der Waals surface area contributed by atoms with Crippen LogP contribution < -0.4 is 5.32 Å². The van der Waals surface area contributed by atoms with Crippen molar-refractivity contribution in [1.29, 1.82) is 0 Å². The molecule has 1 saturated carbocycles.